The first kappa shape index (κ1) is 110. The van der Waals surface area contributed by atoms with Gasteiger partial charge < -0.3 is 106 Å². The normalized spacial score (nSPS) is 12.9. The Balaban J connectivity index is -0.000000184. The van der Waals surface area contributed by atoms with Crippen LogP contribution in [0.1, 0.15) is 148 Å². The topological polar surface area (TPSA) is 509 Å². The molecule has 0 aromatic carbocycles. The average molecular weight is 1600 g/mol. The molecule has 4 amide bonds. The van der Waals surface area contributed by atoms with E-state index in [4.69, 9.17) is 64.2 Å². The van der Waals surface area contributed by atoms with E-state index in [0.29, 0.717) is 61.2 Å². The van der Waals surface area contributed by atoms with Crippen LogP contribution in [0.5, 0.6) is 0 Å². The molecular formula is C56H106Cl2N8O24S8. The molecular weight excluding hydrogens is 1500 g/mol. The quantitative estimate of drug-likeness (QED) is 0.00940. The Morgan fingerprint density at radius 1 is 0.449 bits per heavy atom. The van der Waals surface area contributed by atoms with Crippen LogP contribution in [-0.4, -0.2) is 215 Å². The Hall–Kier alpha value is -4.12. The Kier molecular flexibility index (Phi) is 75.5. The molecule has 0 aliphatic heterocycles. The highest BCUT2D eigenvalue weighted by Crippen LogP contribution is 2.27. The molecule has 0 unspecified atom stereocenters. The van der Waals surface area contributed by atoms with E-state index >= 15 is 0 Å². The summed E-state index contributed by atoms with van der Waals surface area (Å²) < 4.78 is 39.2. The number of halogens is 2. The number of nitrogens with two attached hydrogens (primary N) is 2. The minimum absolute atomic E-state index is 0. The number of alkyl carbamates (subject to hydrolysis) is 4. The summed E-state index contributed by atoms with van der Waals surface area (Å²) in [6, 6.07) is -2.32. The summed E-state index contributed by atoms with van der Waals surface area (Å²) in [4.78, 5) is 145. The molecule has 0 aliphatic carbocycles. The number of carbonyl (C=O) groups is 10. The van der Waals surface area contributed by atoms with Crippen molar-refractivity contribution in [2.24, 2.45) is 11.5 Å². The van der Waals surface area contributed by atoms with Crippen LogP contribution < -0.4 is 69.0 Å². The van der Waals surface area contributed by atoms with Gasteiger partial charge in [0.15, 0.2) is 18.5 Å². The van der Waals surface area contributed by atoms with Crippen molar-refractivity contribution < 1.29 is 152 Å². The molecule has 16 N–H and O–H groups in total. The number of quaternary nitrogens is 2. The lowest BCUT2D eigenvalue weighted by atomic mass is 10.2. The zero-order valence-electron chi connectivity index (χ0n) is 58.6. The molecule has 0 aliphatic rings. The summed E-state index contributed by atoms with van der Waals surface area (Å²) in [5, 5.41) is 27.9. The third kappa shape index (κ3) is 86.1. The van der Waals surface area contributed by atoms with Gasteiger partial charge in [0.05, 0.1) is 20.3 Å². The SMILES string of the molecule is CC(C)(C)OC(=O)N[C@@H](CCSSCC[C@H](NC(=O)OC(C)(C)C)C(=O)O)OC=O.COC(=O)[C@@H]([NH3+])CCSSCC[C@@H](C)[NH3+].COC(=O)[C@H](CCSSCC[C@@H](C)NC(=O)OC(C)(C)C)NC(=O)OC(C)(C)C.N[C@@H](CCSSCC[C@H](N)C(=O)O)OC=O.O=C=O.O=C=O.[Cl-].[Cl-]. The van der Waals surface area contributed by atoms with Crippen molar-refractivity contribution in [3.05, 3.63) is 0 Å². The fourth-order valence-corrected chi connectivity index (χ4v) is 14.4. The van der Waals surface area contributed by atoms with Gasteiger partial charge in [-0.05, 0) is 123 Å². The molecule has 0 saturated carbocycles. The van der Waals surface area contributed by atoms with Crippen LogP contribution in [-0.2, 0) is 85.8 Å². The third-order valence-electron chi connectivity index (χ3n) is 9.56. The van der Waals surface area contributed by atoms with Crippen LogP contribution in [0.15, 0.2) is 0 Å². The molecule has 0 fully saturated rings. The fourth-order valence-electron chi connectivity index (χ4n) is 5.32. The number of ether oxygens (including phenoxy) is 8. The van der Waals surface area contributed by atoms with Crippen molar-refractivity contribution >= 4 is 160 Å². The van der Waals surface area contributed by atoms with Crippen LogP contribution in [0.3, 0.4) is 0 Å². The van der Waals surface area contributed by atoms with Crippen molar-refractivity contribution in [2.75, 3.05) is 60.2 Å². The second kappa shape index (κ2) is 67.4. The highest BCUT2D eigenvalue weighted by Gasteiger charge is 2.27. The van der Waals surface area contributed by atoms with Gasteiger partial charge in [0.2, 0.25) is 0 Å². The zero-order valence-corrected chi connectivity index (χ0v) is 66.6. The van der Waals surface area contributed by atoms with Crippen molar-refractivity contribution in [3.63, 3.8) is 0 Å². The first-order valence-corrected chi connectivity index (χ1v) is 39.3. The zero-order chi connectivity index (χ0) is 75.5. The monoisotopic (exact) mass is 1600 g/mol. The molecule has 0 radical (unpaired) electrons. The summed E-state index contributed by atoms with van der Waals surface area (Å²) in [5.74, 6) is 3.08. The number of carbonyl (C=O) groups excluding carboxylic acids is 12. The van der Waals surface area contributed by atoms with Gasteiger partial charge in [-0.25, -0.2) is 33.6 Å². The van der Waals surface area contributed by atoms with Gasteiger partial charge in [-0.15, -0.1) is 0 Å². The highest BCUT2D eigenvalue weighted by molar-refractivity contribution is 8.77. The molecule has 0 heterocycles. The van der Waals surface area contributed by atoms with Crippen LogP contribution in [0.4, 0.5) is 19.2 Å². The number of carboxylic acid groups (broad SMARTS) is 2. The summed E-state index contributed by atoms with van der Waals surface area (Å²) in [6.45, 7) is 25.6. The van der Waals surface area contributed by atoms with Crippen LogP contribution >= 0.6 is 86.4 Å². The van der Waals surface area contributed by atoms with Gasteiger partial charge in [-0.1, -0.05) is 86.4 Å². The van der Waals surface area contributed by atoms with E-state index in [0.717, 1.165) is 42.3 Å². The van der Waals surface area contributed by atoms with E-state index < -0.39 is 95.3 Å². The summed E-state index contributed by atoms with van der Waals surface area (Å²) in [7, 11) is 15.5. The Bertz CT molecular complexity index is 2220. The van der Waals surface area contributed by atoms with E-state index in [1.165, 1.54) is 46.6 Å². The molecule has 0 aromatic rings. The van der Waals surface area contributed by atoms with Crippen molar-refractivity contribution in [3.8, 4) is 0 Å². The van der Waals surface area contributed by atoms with Crippen molar-refractivity contribution in [1.82, 2.24) is 21.3 Å². The number of hydrogen-bond acceptors (Lipinski definition) is 32. The molecule has 0 aromatic heterocycles. The number of amides is 4. The molecule has 8 atom stereocenters. The largest absolute Gasteiger partial charge is 1.00 e. The minimum Gasteiger partial charge on any atom is -1.00 e. The van der Waals surface area contributed by atoms with Gasteiger partial charge in [-0.3, -0.25) is 25.4 Å². The number of nitrogens with one attached hydrogen (secondary N) is 4. The standard InChI is InChI=1S/C19H36N2O6S2.C18H32N2O8S2.C9H20N2O2S2.C8H16N2O4S2.2CO2.2ClH/c1-13(20-16(23)26-18(2,3)4)9-11-28-29-12-10-14(15(22)25-8)21-17(24)27-19(5,6)7;1-17(2,3)27-15(24)19-12(14(22)23)7-9-29-30-10-8-13(26-11-21)20-16(25)28-18(4,5)6;1-7(10)3-5-14-15-6-4-8(11)9(12)13-2;9-6(8(12)13)1-3-15-16-4-2-7(10)14-5-11;2*2-1-3;;/h13-14H,9-12H2,1-8H3,(H,20,23)(H,21,24);11-13H,7-10H2,1-6H3,(H,19,24)(H,20,25)(H,22,23);7-8H,3-6,10-11H2,1-2H3;5-7H,1-4,9-10H2,(H,12,13);;;2*1H/t13-,14+;12-,13+;7-,8+;6-,7+;;;;/m1010..../s1. The second-order valence-corrected chi connectivity index (χ2v) is 34.1. The van der Waals surface area contributed by atoms with Crippen LogP contribution in [0.2, 0.25) is 0 Å². The second-order valence-electron chi connectivity index (χ2n) is 23.3. The molecule has 0 saturated heterocycles. The Morgan fingerprint density at radius 3 is 1.12 bits per heavy atom. The van der Waals surface area contributed by atoms with E-state index in [1.54, 1.807) is 105 Å². The number of rotatable bonds is 40. The molecule has 0 bridgehead atoms. The van der Waals surface area contributed by atoms with Gasteiger partial charge in [0.1, 0.15) is 40.5 Å². The number of hydrogen-bond donors (Lipinski definition) is 10. The lowest BCUT2D eigenvalue weighted by Crippen LogP contribution is -3.00. The van der Waals surface area contributed by atoms with Crippen LogP contribution in [0.25, 0.3) is 0 Å². The van der Waals surface area contributed by atoms with Gasteiger partial charge in [-0.2, -0.15) is 19.2 Å². The predicted octanol–water partition coefficient (Wildman–Crippen LogP) is -0.302. The molecule has 32 nitrogen and oxygen atoms in total. The third-order valence-corrected chi connectivity index (χ3v) is 19.4. The molecule has 98 heavy (non-hydrogen) atoms. The molecule has 0 rings (SSSR count). The maximum Gasteiger partial charge on any atom is 0.410 e. The van der Waals surface area contributed by atoms with Crippen LogP contribution in [0, 0.1) is 0 Å². The fraction of sp³-hybridized carbons (Fsp3) is 0.786. The maximum absolute atomic E-state index is 11.9. The van der Waals surface area contributed by atoms with Gasteiger partial charge in [0, 0.05) is 77.7 Å². The first-order chi connectivity index (χ1) is 44.4. The summed E-state index contributed by atoms with van der Waals surface area (Å²) >= 11 is 0. The van der Waals surface area contributed by atoms with E-state index in [9.17, 15) is 53.1 Å². The average Bonchev–Trinajstić information content (AvgIpc) is 0.962. The number of esters is 2. The molecule has 0 spiro atoms. The smallest absolute Gasteiger partial charge is 0.410 e. The number of aliphatic carboxylic acids is 2. The van der Waals surface area contributed by atoms with Crippen molar-refractivity contribution in [2.45, 2.75) is 219 Å². The summed E-state index contributed by atoms with van der Waals surface area (Å²) in [5.41, 5.74) is 15.9. The van der Waals surface area contributed by atoms with Gasteiger partial charge >= 0.3 is 60.6 Å². The first-order valence-electron chi connectivity index (χ1n) is 29.4. The predicted molar refractivity (Wildman–Crippen MR) is 373 cm³/mol. The number of methoxy groups -OCH3 is 2. The van der Waals surface area contributed by atoms with E-state index in [1.807, 2.05) is 38.5 Å². The lowest BCUT2D eigenvalue weighted by Gasteiger charge is -2.22. The van der Waals surface area contributed by atoms with Crippen molar-refractivity contribution in [1.29, 1.82) is 0 Å². The number of carboxylic acids is 2. The molecule has 576 valence electrons. The highest BCUT2D eigenvalue weighted by atomic mass is 35.5. The Labute approximate surface area is 619 Å². The lowest BCUT2D eigenvalue weighted by molar-refractivity contribution is -0.414. The van der Waals surface area contributed by atoms with E-state index in [2.05, 4.69) is 49.1 Å². The summed E-state index contributed by atoms with van der Waals surface area (Å²) in [6.07, 6.45) is 1.26. The van der Waals surface area contributed by atoms with Gasteiger partial charge in [0.25, 0.3) is 12.9 Å². The Morgan fingerprint density at radius 2 is 0.765 bits per heavy atom. The maximum atomic E-state index is 11.9. The molecule has 42 heteroatoms. The minimum atomic E-state index is -1.15. The van der Waals surface area contributed by atoms with E-state index in [-0.39, 0.29) is 68.1 Å².